The number of oxime groups is 1. The van der Waals surface area contributed by atoms with Crippen LogP contribution in [0.1, 0.15) is 13.3 Å². The summed E-state index contributed by atoms with van der Waals surface area (Å²) in [5.41, 5.74) is 0.281. The minimum atomic E-state index is -0.148. The van der Waals surface area contributed by atoms with Crippen LogP contribution in [0.5, 0.6) is 0 Å². The molecule has 1 heterocycles. The standard InChI is InChI=1S/C9H9NO3/c1-7(12)9-5-4-8(13-10-9)3-2-6-11/h3-6H,2H2,1H3/b8-3-. The van der Waals surface area contributed by atoms with Crippen molar-refractivity contribution in [3.8, 4) is 0 Å². The molecule has 0 fully saturated rings. The Morgan fingerprint density at radius 2 is 2.38 bits per heavy atom. The van der Waals surface area contributed by atoms with E-state index in [-0.39, 0.29) is 17.9 Å². The number of hydrogen-bond donors (Lipinski definition) is 0. The fraction of sp³-hybridized carbons (Fsp3) is 0.222. The maximum Gasteiger partial charge on any atom is 0.181 e. The third kappa shape index (κ3) is 2.66. The summed E-state index contributed by atoms with van der Waals surface area (Å²) < 4.78 is 0. The number of nitrogens with zero attached hydrogens (tertiary/aromatic N) is 1. The van der Waals surface area contributed by atoms with E-state index in [0.29, 0.717) is 5.76 Å². The summed E-state index contributed by atoms with van der Waals surface area (Å²) in [4.78, 5) is 25.6. The van der Waals surface area contributed by atoms with Gasteiger partial charge in [-0.1, -0.05) is 5.16 Å². The zero-order valence-electron chi connectivity index (χ0n) is 7.19. The van der Waals surface area contributed by atoms with Crippen molar-refractivity contribution >= 4 is 17.8 Å². The van der Waals surface area contributed by atoms with Gasteiger partial charge in [0.15, 0.2) is 11.5 Å². The number of carbonyl (C=O) groups is 2. The fourth-order valence-electron chi connectivity index (χ4n) is 0.775. The van der Waals surface area contributed by atoms with E-state index in [0.717, 1.165) is 6.29 Å². The average molecular weight is 179 g/mol. The number of ketones is 1. The lowest BCUT2D eigenvalue weighted by molar-refractivity contribution is -0.111. The summed E-state index contributed by atoms with van der Waals surface area (Å²) in [6, 6.07) is 0. The molecule has 1 aliphatic rings. The topological polar surface area (TPSA) is 55.7 Å². The zero-order valence-corrected chi connectivity index (χ0v) is 7.19. The van der Waals surface area contributed by atoms with E-state index in [1.54, 1.807) is 18.2 Å². The number of Topliss-reactive ketones (excluding diaryl/α,β-unsaturated/α-hetero) is 1. The molecule has 68 valence electrons. The van der Waals surface area contributed by atoms with Crippen molar-refractivity contribution in [2.24, 2.45) is 5.16 Å². The molecule has 4 nitrogen and oxygen atoms in total. The van der Waals surface area contributed by atoms with Crippen LogP contribution in [0.4, 0.5) is 0 Å². The molecule has 1 aliphatic heterocycles. The third-order valence-corrected chi connectivity index (χ3v) is 1.43. The maximum absolute atomic E-state index is 10.8. The van der Waals surface area contributed by atoms with E-state index in [1.807, 2.05) is 0 Å². The molecule has 0 spiro atoms. The first kappa shape index (κ1) is 9.38. The highest BCUT2D eigenvalue weighted by molar-refractivity contribution is 6.43. The monoisotopic (exact) mass is 179 g/mol. The first-order valence-electron chi connectivity index (χ1n) is 3.82. The van der Waals surface area contributed by atoms with Crippen molar-refractivity contribution in [1.82, 2.24) is 0 Å². The number of rotatable bonds is 3. The Morgan fingerprint density at radius 3 is 2.85 bits per heavy atom. The normalized spacial score (nSPS) is 17.9. The maximum atomic E-state index is 10.8. The van der Waals surface area contributed by atoms with E-state index < -0.39 is 0 Å². The van der Waals surface area contributed by atoms with Gasteiger partial charge in [-0.25, -0.2) is 0 Å². The van der Waals surface area contributed by atoms with Crippen LogP contribution in [-0.2, 0) is 14.4 Å². The van der Waals surface area contributed by atoms with Crippen molar-refractivity contribution in [3.05, 3.63) is 24.0 Å². The molecule has 0 unspecified atom stereocenters. The van der Waals surface area contributed by atoms with Crippen molar-refractivity contribution in [2.45, 2.75) is 13.3 Å². The van der Waals surface area contributed by atoms with Crippen LogP contribution in [-0.4, -0.2) is 17.8 Å². The molecule has 4 heteroatoms. The Morgan fingerprint density at radius 1 is 1.62 bits per heavy atom. The Labute approximate surface area is 75.6 Å². The quantitative estimate of drug-likeness (QED) is 0.607. The van der Waals surface area contributed by atoms with Gasteiger partial charge in [0.1, 0.15) is 12.0 Å². The van der Waals surface area contributed by atoms with Crippen LogP contribution in [0.3, 0.4) is 0 Å². The van der Waals surface area contributed by atoms with Gasteiger partial charge in [-0.05, 0) is 18.2 Å². The Bertz CT molecular complexity index is 313. The highest BCUT2D eigenvalue weighted by Gasteiger charge is 2.07. The molecule has 0 saturated carbocycles. The molecule has 0 aliphatic carbocycles. The number of aldehydes is 1. The van der Waals surface area contributed by atoms with Crippen LogP contribution in [0.2, 0.25) is 0 Å². The second-order valence-corrected chi connectivity index (χ2v) is 2.47. The largest absolute Gasteiger partial charge is 0.357 e. The van der Waals surface area contributed by atoms with Gasteiger partial charge in [0, 0.05) is 13.3 Å². The van der Waals surface area contributed by atoms with Gasteiger partial charge in [0.25, 0.3) is 0 Å². The van der Waals surface area contributed by atoms with Crippen molar-refractivity contribution in [1.29, 1.82) is 0 Å². The molecule has 13 heavy (non-hydrogen) atoms. The molecule has 0 saturated heterocycles. The number of allylic oxidation sites excluding steroid dienone is 3. The predicted octanol–water partition coefficient (Wildman–Crippen LogP) is 0.991. The second kappa shape index (κ2) is 4.35. The Kier molecular flexibility index (Phi) is 3.14. The van der Waals surface area contributed by atoms with Gasteiger partial charge in [-0.15, -0.1) is 0 Å². The van der Waals surface area contributed by atoms with E-state index in [9.17, 15) is 9.59 Å². The van der Waals surface area contributed by atoms with Crippen molar-refractivity contribution < 1.29 is 14.4 Å². The lowest BCUT2D eigenvalue weighted by atomic mass is 10.2. The molecule has 0 radical (unpaired) electrons. The Balaban J connectivity index is 2.62. The Hall–Kier alpha value is -1.71. The van der Waals surface area contributed by atoms with Gasteiger partial charge in [-0.3, -0.25) is 4.79 Å². The molecule has 0 aromatic carbocycles. The van der Waals surface area contributed by atoms with Crippen molar-refractivity contribution in [3.63, 3.8) is 0 Å². The smallest absolute Gasteiger partial charge is 0.181 e. The highest BCUT2D eigenvalue weighted by Crippen LogP contribution is 2.07. The molecule has 0 bridgehead atoms. The lowest BCUT2D eigenvalue weighted by Gasteiger charge is -2.05. The van der Waals surface area contributed by atoms with E-state index in [4.69, 9.17) is 4.84 Å². The lowest BCUT2D eigenvalue weighted by Crippen LogP contribution is -2.10. The molecule has 0 amide bonds. The van der Waals surface area contributed by atoms with Crippen LogP contribution in [0, 0.1) is 0 Å². The second-order valence-electron chi connectivity index (χ2n) is 2.47. The van der Waals surface area contributed by atoms with Gasteiger partial charge >= 0.3 is 0 Å². The highest BCUT2D eigenvalue weighted by atomic mass is 16.6. The molecular weight excluding hydrogens is 170 g/mol. The van der Waals surface area contributed by atoms with Crippen LogP contribution < -0.4 is 0 Å². The minimum absolute atomic E-state index is 0.148. The first-order chi connectivity index (χ1) is 6.24. The van der Waals surface area contributed by atoms with E-state index in [1.165, 1.54) is 6.92 Å². The zero-order chi connectivity index (χ0) is 9.68. The third-order valence-electron chi connectivity index (χ3n) is 1.43. The van der Waals surface area contributed by atoms with Gasteiger partial charge in [0.05, 0.1) is 0 Å². The molecule has 0 atom stereocenters. The molecular formula is C9H9NO3. The SMILES string of the molecule is CC(=O)C1=NO/C(=C\CC=O)C=C1. The van der Waals surface area contributed by atoms with E-state index in [2.05, 4.69) is 5.16 Å². The predicted molar refractivity (Wildman–Crippen MR) is 47.1 cm³/mol. The van der Waals surface area contributed by atoms with Gasteiger partial charge < -0.3 is 9.63 Å². The summed E-state index contributed by atoms with van der Waals surface area (Å²) in [6.07, 6.45) is 5.79. The summed E-state index contributed by atoms with van der Waals surface area (Å²) in [5.74, 6) is 0.336. The van der Waals surface area contributed by atoms with Crippen LogP contribution in [0.25, 0.3) is 0 Å². The molecule has 0 aromatic rings. The summed E-state index contributed by atoms with van der Waals surface area (Å²) in [7, 11) is 0. The molecule has 0 aromatic heterocycles. The van der Waals surface area contributed by atoms with Gasteiger partial charge in [-0.2, -0.15) is 0 Å². The van der Waals surface area contributed by atoms with E-state index >= 15 is 0 Å². The molecule has 1 rings (SSSR count). The molecule has 0 N–H and O–H groups in total. The van der Waals surface area contributed by atoms with Crippen LogP contribution in [0.15, 0.2) is 29.1 Å². The number of carbonyl (C=O) groups excluding carboxylic acids is 2. The average Bonchev–Trinajstić information content (AvgIpc) is 2.15. The van der Waals surface area contributed by atoms with Crippen LogP contribution >= 0.6 is 0 Å². The van der Waals surface area contributed by atoms with Gasteiger partial charge in [0.2, 0.25) is 0 Å². The first-order valence-corrected chi connectivity index (χ1v) is 3.82. The summed E-state index contributed by atoms with van der Waals surface area (Å²) in [5, 5.41) is 3.56. The number of hydrogen-bond acceptors (Lipinski definition) is 4. The summed E-state index contributed by atoms with van der Waals surface area (Å²) >= 11 is 0. The fourth-order valence-corrected chi connectivity index (χ4v) is 0.775. The van der Waals surface area contributed by atoms with Crippen molar-refractivity contribution in [2.75, 3.05) is 0 Å². The minimum Gasteiger partial charge on any atom is -0.357 e. The summed E-state index contributed by atoms with van der Waals surface area (Å²) in [6.45, 7) is 1.41.